The van der Waals surface area contributed by atoms with Gasteiger partial charge in [0.25, 0.3) is 0 Å². The van der Waals surface area contributed by atoms with Gasteiger partial charge in [-0.15, -0.1) is 4.73 Å². The Morgan fingerprint density at radius 1 is 1.24 bits per heavy atom. The van der Waals surface area contributed by atoms with Gasteiger partial charge in [0, 0.05) is 5.39 Å². The molecule has 0 fully saturated rings. The second kappa shape index (κ2) is 5.36. The van der Waals surface area contributed by atoms with Crippen molar-refractivity contribution < 1.29 is 9.23 Å². The van der Waals surface area contributed by atoms with E-state index >= 15 is 0 Å². The Morgan fingerprint density at radius 2 is 2.10 bits per heavy atom. The zero-order valence-electron chi connectivity index (χ0n) is 11.4. The van der Waals surface area contributed by atoms with Gasteiger partial charge in [0.05, 0.1) is 11.7 Å². The van der Waals surface area contributed by atoms with Crippen LogP contribution in [0.3, 0.4) is 0 Å². The second-order valence-electron chi connectivity index (χ2n) is 4.81. The summed E-state index contributed by atoms with van der Waals surface area (Å²) in [6.07, 6.45) is 1.59. The summed E-state index contributed by atoms with van der Waals surface area (Å²) in [5, 5.41) is 0.805. The lowest BCUT2D eigenvalue weighted by molar-refractivity contribution is 0.0870. The molecule has 0 aliphatic heterocycles. The Balaban J connectivity index is 1.88. The van der Waals surface area contributed by atoms with Crippen LogP contribution in [0.2, 0.25) is 0 Å². The van der Waals surface area contributed by atoms with E-state index in [0.717, 1.165) is 15.7 Å². The van der Waals surface area contributed by atoms with Gasteiger partial charge in [0.15, 0.2) is 0 Å². The summed E-state index contributed by atoms with van der Waals surface area (Å²) in [5.41, 5.74) is 1.81. The van der Waals surface area contributed by atoms with Crippen LogP contribution >= 0.6 is 0 Å². The van der Waals surface area contributed by atoms with Gasteiger partial charge < -0.3 is 4.84 Å². The van der Waals surface area contributed by atoms with Crippen LogP contribution in [-0.4, -0.2) is 9.71 Å². The van der Waals surface area contributed by atoms with E-state index in [1.807, 2.05) is 25.1 Å². The SMILES string of the molecule is Cc1ccc2cn(OCc3cccc(F)c3)c(=O)nc2c1. The maximum Gasteiger partial charge on any atom is 0.381 e. The van der Waals surface area contributed by atoms with Crippen molar-refractivity contribution in [1.82, 2.24) is 9.71 Å². The van der Waals surface area contributed by atoms with Crippen molar-refractivity contribution in [2.45, 2.75) is 13.5 Å². The van der Waals surface area contributed by atoms with Gasteiger partial charge in [-0.05, 0) is 36.2 Å². The second-order valence-corrected chi connectivity index (χ2v) is 4.81. The zero-order valence-corrected chi connectivity index (χ0v) is 11.4. The van der Waals surface area contributed by atoms with E-state index in [-0.39, 0.29) is 12.4 Å². The van der Waals surface area contributed by atoms with E-state index in [4.69, 9.17) is 4.84 Å². The van der Waals surface area contributed by atoms with Crippen molar-refractivity contribution >= 4 is 10.9 Å². The summed E-state index contributed by atoms with van der Waals surface area (Å²) in [4.78, 5) is 21.3. The smallest absolute Gasteiger partial charge is 0.381 e. The average molecular weight is 284 g/mol. The molecule has 1 heterocycles. The van der Waals surface area contributed by atoms with E-state index in [0.29, 0.717) is 11.1 Å². The monoisotopic (exact) mass is 284 g/mol. The molecule has 0 aliphatic rings. The van der Waals surface area contributed by atoms with Gasteiger partial charge in [-0.2, -0.15) is 4.98 Å². The van der Waals surface area contributed by atoms with Crippen LogP contribution in [0.4, 0.5) is 4.39 Å². The van der Waals surface area contributed by atoms with Crippen molar-refractivity contribution in [3.05, 3.63) is 76.1 Å². The number of aryl methyl sites for hydroxylation is 1. The fourth-order valence-corrected chi connectivity index (χ4v) is 2.06. The van der Waals surface area contributed by atoms with Gasteiger partial charge in [-0.25, -0.2) is 9.18 Å². The fourth-order valence-electron chi connectivity index (χ4n) is 2.06. The maximum absolute atomic E-state index is 13.1. The van der Waals surface area contributed by atoms with Crippen molar-refractivity contribution in [2.75, 3.05) is 0 Å². The number of hydrogen-bond donors (Lipinski definition) is 0. The van der Waals surface area contributed by atoms with E-state index in [2.05, 4.69) is 4.98 Å². The molecule has 0 aliphatic carbocycles. The van der Waals surface area contributed by atoms with Gasteiger partial charge in [0.1, 0.15) is 12.4 Å². The van der Waals surface area contributed by atoms with Crippen molar-refractivity contribution in [1.29, 1.82) is 0 Å². The Hall–Kier alpha value is -2.69. The van der Waals surface area contributed by atoms with Crippen molar-refractivity contribution in [3.8, 4) is 0 Å². The zero-order chi connectivity index (χ0) is 14.8. The molecule has 0 spiro atoms. The third-order valence-electron chi connectivity index (χ3n) is 3.11. The standard InChI is InChI=1S/C16H13FN2O2/c1-11-5-6-13-9-19(16(20)18-15(13)7-11)21-10-12-3-2-4-14(17)8-12/h2-9H,10H2,1H3. The van der Waals surface area contributed by atoms with Gasteiger partial charge >= 0.3 is 5.69 Å². The molecule has 0 unspecified atom stereocenters. The largest absolute Gasteiger partial charge is 0.405 e. The van der Waals surface area contributed by atoms with Gasteiger partial charge in [-0.1, -0.05) is 24.3 Å². The summed E-state index contributed by atoms with van der Waals surface area (Å²) in [6, 6.07) is 11.7. The van der Waals surface area contributed by atoms with Gasteiger partial charge in [0.2, 0.25) is 0 Å². The molecule has 0 bridgehead atoms. The van der Waals surface area contributed by atoms with E-state index < -0.39 is 5.69 Å². The van der Waals surface area contributed by atoms with Crippen LogP contribution in [0.15, 0.2) is 53.5 Å². The van der Waals surface area contributed by atoms with E-state index in [1.165, 1.54) is 12.1 Å². The first-order valence-electron chi connectivity index (χ1n) is 6.50. The van der Waals surface area contributed by atoms with Gasteiger partial charge in [-0.3, -0.25) is 0 Å². The molecule has 0 N–H and O–H groups in total. The molecule has 0 amide bonds. The molecule has 3 aromatic rings. The topological polar surface area (TPSA) is 44.1 Å². The minimum Gasteiger partial charge on any atom is -0.405 e. The van der Waals surface area contributed by atoms with Crippen LogP contribution in [0.25, 0.3) is 10.9 Å². The molecule has 4 nitrogen and oxygen atoms in total. The molecule has 5 heteroatoms. The van der Waals surface area contributed by atoms with Crippen LogP contribution in [0.1, 0.15) is 11.1 Å². The first-order chi connectivity index (χ1) is 10.1. The molecule has 0 atom stereocenters. The Bertz CT molecular complexity index is 858. The Labute approximate surface area is 120 Å². The van der Waals surface area contributed by atoms with E-state index in [9.17, 15) is 9.18 Å². The maximum atomic E-state index is 13.1. The third-order valence-corrected chi connectivity index (χ3v) is 3.11. The molecule has 0 saturated carbocycles. The molecule has 21 heavy (non-hydrogen) atoms. The molecule has 2 aromatic carbocycles. The summed E-state index contributed by atoms with van der Waals surface area (Å²) < 4.78 is 14.2. The predicted molar refractivity (Wildman–Crippen MR) is 77.4 cm³/mol. The Kier molecular flexibility index (Phi) is 3.39. The lowest BCUT2D eigenvalue weighted by Gasteiger charge is -2.09. The molecule has 106 valence electrons. The number of halogens is 1. The molecule has 1 aromatic heterocycles. The molecule has 0 saturated heterocycles. The number of benzene rings is 2. The number of aromatic nitrogens is 2. The highest BCUT2D eigenvalue weighted by molar-refractivity contribution is 5.77. The first kappa shape index (κ1) is 13.3. The first-order valence-corrected chi connectivity index (χ1v) is 6.50. The number of fused-ring (bicyclic) bond motifs is 1. The minimum atomic E-state index is -0.496. The number of nitrogens with zero attached hydrogens (tertiary/aromatic N) is 2. The normalized spacial score (nSPS) is 10.8. The van der Waals surface area contributed by atoms with Crippen LogP contribution in [-0.2, 0) is 6.61 Å². The highest BCUT2D eigenvalue weighted by atomic mass is 19.1. The number of hydrogen-bond acceptors (Lipinski definition) is 3. The summed E-state index contributed by atoms with van der Waals surface area (Å²) in [7, 11) is 0. The predicted octanol–water partition coefficient (Wildman–Crippen LogP) is 2.47. The molecular weight excluding hydrogens is 271 g/mol. The third kappa shape index (κ3) is 2.91. The summed E-state index contributed by atoms with van der Waals surface area (Å²) in [6.45, 7) is 2.03. The molecule has 3 rings (SSSR count). The summed E-state index contributed by atoms with van der Waals surface area (Å²) >= 11 is 0. The average Bonchev–Trinajstić information content (AvgIpc) is 2.45. The highest BCUT2D eigenvalue weighted by Crippen LogP contribution is 2.11. The molecular formula is C16H13FN2O2. The Morgan fingerprint density at radius 3 is 2.90 bits per heavy atom. The fraction of sp³-hybridized carbons (Fsp3) is 0.125. The van der Waals surface area contributed by atoms with Crippen LogP contribution in [0.5, 0.6) is 0 Å². The van der Waals surface area contributed by atoms with Crippen LogP contribution in [0, 0.1) is 12.7 Å². The van der Waals surface area contributed by atoms with Crippen molar-refractivity contribution in [3.63, 3.8) is 0 Å². The lowest BCUT2D eigenvalue weighted by Crippen LogP contribution is -2.28. The number of rotatable bonds is 3. The lowest BCUT2D eigenvalue weighted by atomic mass is 10.2. The van der Waals surface area contributed by atoms with Crippen molar-refractivity contribution in [2.24, 2.45) is 0 Å². The minimum absolute atomic E-state index is 0.0940. The quantitative estimate of drug-likeness (QED) is 0.742. The highest BCUT2D eigenvalue weighted by Gasteiger charge is 2.04. The molecule has 0 radical (unpaired) electrons. The van der Waals surface area contributed by atoms with Crippen LogP contribution < -0.4 is 10.5 Å². The summed E-state index contributed by atoms with van der Waals surface area (Å²) in [5.74, 6) is -0.337. The van der Waals surface area contributed by atoms with E-state index in [1.54, 1.807) is 18.3 Å².